The quantitative estimate of drug-likeness (QED) is 0.863. The standard InChI is InChI=1S/C15H26N2O3/c1-4-15(5-2)6-7-16(10-15)14(20)17-8-11(3)12(9-17)13(18)19/h11-12H,4-10H2,1-3H3,(H,18,19)/t11-,12-/m1/s1. The van der Waals surface area contributed by atoms with Gasteiger partial charge in [-0.1, -0.05) is 20.8 Å². The van der Waals surface area contributed by atoms with Crippen molar-refractivity contribution >= 4 is 12.0 Å². The molecule has 0 bridgehead atoms. The zero-order valence-corrected chi connectivity index (χ0v) is 12.8. The SMILES string of the molecule is CCC1(CC)CCN(C(=O)N2C[C@@H](C)[C@H](C(=O)O)C2)C1. The van der Waals surface area contributed by atoms with Gasteiger partial charge in [-0.3, -0.25) is 4.79 Å². The molecule has 0 aromatic heterocycles. The first-order valence-electron chi connectivity index (χ1n) is 7.69. The Morgan fingerprint density at radius 1 is 1.20 bits per heavy atom. The van der Waals surface area contributed by atoms with Crippen LogP contribution in [0.2, 0.25) is 0 Å². The van der Waals surface area contributed by atoms with E-state index < -0.39 is 11.9 Å². The lowest BCUT2D eigenvalue weighted by molar-refractivity contribution is -0.142. The maximum atomic E-state index is 12.5. The maximum absolute atomic E-state index is 12.5. The van der Waals surface area contributed by atoms with Gasteiger partial charge in [-0.2, -0.15) is 0 Å². The molecule has 0 radical (unpaired) electrons. The number of rotatable bonds is 3. The van der Waals surface area contributed by atoms with Gasteiger partial charge in [-0.05, 0) is 30.6 Å². The Bertz CT molecular complexity index is 393. The second kappa shape index (κ2) is 5.62. The van der Waals surface area contributed by atoms with Crippen molar-refractivity contribution in [3.63, 3.8) is 0 Å². The zero-order valence-electron chi connectivity index (χ0n) is 12.8. The van der Waals surface area contributed by atoms with Gasteiger partial charge in [0, 0.05) is 26.2 Å². The first kappa shape index (κ1) is 15.1. The van der Waals surface area contributed by atoms with Crippen LogP contribution in [0, 0.1) is 17.3 Å². The van der Waals surface area contributed by atoms with Gasteiger partial charge >= 0.3 is 12.0 Å². The average Bonchev–Trinajstić information content (AvgIpc) is 3.02. The molecule has 114 valence electrons. The normalized spacial score (nSPS) is 28.9. The minimum Gasteiger partial charge on any atom is -0.481 e. The van der Waals surface area contributed by atoms with Crippen LogP contribution >= 0.6 is 0 Å². The number of hydrogen-bond acceptors (Lipinski definition) is 2. The van der Waals surface area contributed by atoms with Gasteiger partial charge < -0.3 is 14.9 Å². The number of carbonyl (C=O) groups is 2. The number of urea groups is 1. The lowest BCUT2D eigenvalue weighted by atomic mass is 9.82. The maximum Gasteiger partial charge on any atom is 0.320 e. The molecule has 2 heterocycles. The van der Waals surface area contributed by atoms with Crippen LogP contribution in [0.25, 0.3) is 0 Å². The molecule has 0 unspecified atom stereocenters. The molecule has 0 spiro atoms. The monoisotopic (exact) mass is 282 g/mol. The van der Waals surface area contributed by atoms with Crippen molar-refractivity contribution in [3.8, 4) is 0 Å². The predicted octanol–water partition coefficient (Wildman–Crippen LogP) is 2.27. The van der Waals surface area contributed by atoms with E-state index in [1.807, 2.05) is 11.8 Å². The summed E-state index contributed by atoms with van der Waals surface area (Å²) in [5.74, 6) is -1.16. The Morgan fingerprint density at radius 3 is 2.30 bits per heavy atom. The van der Waals surface area contributed by atoms with E-state index in [1.165, 1.54) is 0 Å². The van der Waals surface area contributed by atoms with Crippen molar-refractivity contribution in [1.82, 2.24) is 9.80 Å². The Balaban J connectivity index is 1.98. The first-order valence-corrected chi connectivity index (χ1v) is 7.69. The largest absolute Gasteiger partial charge is 0.481 e. The molecule has 5 heteroatoms. The molecular formula is C15H26N2O3. The molecule has 2 aliphatic heterocycles. The fraction of sp³-hybridized carbons (Fsp3) is 0.867. The van der Waals surface area contributed by atoms with E-state index in [1.54, 1.807) is 4.90 Å². The van der Waals surface area contributed by atoms with Gasteiger partial charge in [0.2, 0.25) is 0 Å². The Kier molecular flexibility index (Phi) is 4.25. The summed E-state index contributed by atoms with van der Waals surface area (Å²) in [6.07, 6.45) is 3.26. The number of carboxylic acids is 1. The van der Waals surface area contributed by atoms with Crippen molar-refractivity contribution in [2.75, 3.05) is 26.2 Å². The van der Waals surface area contributed by atoms with E-state index in [4.69, 9.17) is 5.11 Å². The van der Waals surface area contributed by atoms with Crippen LogP contribution < -0.4 is 0 Å². The lowest BCUT2D eigenvalue weighted by Crippen LogP contribution is -2.42. The van der Waals surface area contributed by atoms with Crippen molar-refractivity contribution in [3.05, 3.63) is 0 Å². The molecule has 0 saturated carbocycles. The summed E-state index contributed by atoms with van der Waals surface area (Å²) in [6.45, 7) is 8.85. The second-order valence-corrected chi connectivity index (χ2v) is 6.49. The van der Waals surface area contributed by atoms with Crippen LogP contribution in [0.15, 0.2) is 0 Å². The van der Waals surface area contributed by atoms with Gasteiger partial charge in [0.1, 0.15) is 0 Å². The molecule has 20 heavy (non-hydrogen) atoms. The highest BCUT2D eigenvalue weighted by molar-refractivity contribution is 5.78. The highest BCUT2D eigenvalue weighted by Gasteiger charge is 2.42. The molecule has 0 aromatic carbocycles. The Hall–Kier alpha value is -1.26. The summed E-state index contributed by atoms with van der Waals surface area (Å²) >= 11 is 0. The van der Waals surface area contributed by atoms with Gasteiger partial charge in [-0.15, -0.1) is 0 Å². The average molecular weight is 282 g/mol. The van der Waals surface area contributed by atoms with Gasteiger partial charge in [0.25, 0.3) is 0 Å². The summed E-state index contributed by atoms with van der Waals surface area (Å²) in [5.41, 5.74) is 0.271. The van der Waals surface area contributed by atoms with E-state index in [-0.39, 0.29) is 17.4 Å². The van der Waals surface area contributed by atoms with Crippen LogP contribution in [0.4, 0.5) is 4.79 Å². The topological polar surface area (TPSA) is 60.9 Å². The number of hydrogen-bond donors (Lipinski definition) is 1. The molecule has 2 saturated heterocycles. The van der Waals surface area contributed by atoms with Crippen LogP contribution in [-0.4, -0.2) is 53.1 Å². The van der Waals surface area contributed by atoms with Crippen molar-refractivity contribution < 1.29 is 14.7 Å². The third kappa shape index (κ3) is 2.63. The summed E-state index contributed by atoms with van der Waals surface area (Å²) in [4.78, 5) is 27.3. The molecule has 0 aromatic rings. The lowest BCUT2D eigenvalue weighted by Gasteiger charge is -2.28. The molecule has 2 atom stereocenters. The van der Waals surface area contributed by atoms with E-state index in [2.05, 4.69) is 13.8 Å². The molecule has 2 fully saturated rings. The number of carboxylic acid groups (broad SMARTS) is 1. The summed E-state index contributed by atoms with van der Waals surface area (Å²) in [5, 5.41) is 9.16. The summed E-state index contributed by atoms with van der Waals surface area (Å²) in [7, 11) is 0. The predicted molar refractivity (Wildman–Crippen MR) is 76.5 cm³/mol. The fourth-order valence-corrected chi connectivity index (χ4v) is 3.57. The third-order valence-electron chi connectivity index (χ3n) is 5.41. The van der Waals surface area contributed by atoms with E-state index in [0.717, 1.165) is 32.4 Å². The highest BCUT2D eigenvalue weighted by atomic mass is 16.4. The van der Waals surface area contributed by atoms with Gasteiger partial charge in [-0.25, -0.2) is 4.79 Å². The van der Waals surface area contributed by atoms with Crippen LogP contribution in [0.3, 0.4) is 0 Å². The van der Waals surface area contributed by atoms with Crippen molar-refractivity contribution in [1.29, 1.82) is 0 Å². The van der Waals surface area contributed by atoms with Gasteiger partial charge in [0.05, 0.1) is 5.92 Å². The minimum absolute atomic E-state index is 0.0318. The first-order chi connectivity index (χ1) is 9.42. The Labute approximate surface area is 120 Å². The van der Waals surface area contributed by atoms with Gasteiger partial charge in [0.15, 0.2) is 0 Å². The zero-order chi connectivity index (χ0) is 14.9. The smallest absolute Gasteiger partial charge is 0.320 e. The van der Waals surface area contributed by atoms with Crippen LogP contribution in [-0.2, 0) is 4.79 Å². The molecule has 0 aliphatic carbocycles. The highest BCUT2D eigenvalue weighted by Crippen LogP contribution is 2.37. The number of aliphatic carboxylic acids is 1. The van der Waals surface area contributed by atoms with E-state index in [9.17, 15) is 9.59 Å². The third-order valence-corrected chi connectivity index (χ3v) is 5.41. The van der Waals surface area contributed by atoms with E-state index >= 15 is 0 Å². The molecule has 1 N–H and O–H groups in total. The van der Waals surface area contributed by atoms with Crippen molar-refractivity contribution in [2.24, 2.45) is 17.3 Å². The minimum atomic E-state index is -0.786. The molecule has 2 rings (SSSR count). The number of carbonyl (C=O) groups excluding carboxylic acids is 1. The van der Waals surface area contributed by atoms with Crippen LogP contribution in [0.5, 0.6) is 0 Å². The summed E-state index contributed by atoms with van der Waals surface area (Å²) < 4.78 is 0. The fourth-order valence-electron chi connectivity index (χ4n) is 3.57. The second-order valence-electron chi connectivity index (χ2n) is 6.49. The Morgan fingerprint density at radius 2 is 1.85 bits per heavy atom. The van der Waals surface area contributed by atoms with E-state index in [0.29, 0.717) is 13.1 Å². The van der Waals surface area contributed by atoms with Crippen molar-refractivity contribution in [2.45, 2.75) is 40.0 Å². The molecule has 5 nitrogen and oxygen atoms in total. The number of amides is 2. The molecular weight excluding hydrogens is 256 g/mol. The molecule has 2 amide bonds. The van der Waals surface area contributed by atoms with Crippen LogP contribution in [0.1, 0.15) is 40.0 Å². The summed E-state index contributed by atoms with van der Waals surface area (Å²) in [6, 6.07) is 0.0318. The molecule has 2 aliphatic rings. The number of nitrogens with zero attached hydrogens (tertiary/aromatic N) is 2. The number of likely N-dealkylation sites (tertiary alicyclic amines) is 2.